The maximum Gasteiger partial charge on any atom is 0.251 e. The van der Waals surface area contributed by atoms with E-state index in [1.54, 1.807) is 11.8 Å². The molecule has 0 atom stereocenters. The number of aromatic nitrogens is 3. The van der Waals surface area contributed by atoms with Gasteiger partial charge in [0.2, 0.25) is 0 Å². The van der Waals surface area contributed by atoms with E-state index < -0.39 is 0 Å². The summed E-state index contributed by atoms with van der Waals surface area (Å²) in [5, 5.41) is 9.24. The highest BCUT2D eigenvalue weighted by Crippen LogP contribution is 2.19. The number of aryl methyl sites for hydroxylation is 1. The van der Waals surface area contributed by atoms with Gasteiger partial charge in [0.15, 0.2) is 0 Å². The minimum absolute atomic E-state index is 0.0974. The number of hydrogen-bond donors (Lipinski definition) is 2. The Kier molecular flexibility index (Phi) is 3.99. The van der Waals surface area contributed by atoms with E-state index in [1.165, 1.54) is 6.33 Å². The largest absolute Gasteiger partial charge is 0.345 e. The van der Waals surface area contributed by atoms with Crippen molar-refractivity contribution in [2.24, 2.45) is 0 Å². The summed E-state index contributed by atoms with van der Waals surface area (Å²) >= 11 is 1.62. The number of benzene rings is 1. The van der Waals surface area contributed by atoms with Crippen molar-refractivity contribution in [1.29, 1.82) is 0 Å². The molecule has 18 heavy (non-hydrogen) atoms. The molecule has 0 radical (unpaired) electrons. The Morgan fingerprint density at radius 3 is 3.00 bits per heavy atom. The van der Waals surface area contributed by atoms with E-state index in [-0.39, 0.29) is 5.91 Å². The SMILES string of the molecule is CSc1ccc(C)c(C(=O)NCc2ncn[nH]2)c1. The zero-order valence-corrected chi connectivity index (χ0v) is 11.0. The van der Waals surface area contributed by atoms with Crippen molar-refractivity contribution >= 4 is 17.7 Å². The monoisotopic (exact) mass is 262 g/mol. The lowest BCUT2D eigenvalue weighted by molar-refractivity contribution is 0.0949. The number of hydrogen-bond acceptors (Lipinski definition) is 4. The second-order valence-electron chi connectivity index (χ2n) is 3.80. The van der Waals surface area contributed by atoms with Gasteiger partial charge >= 0.3 is 0 Å². The van der Waals surface area contributed by atoms with Crippen LogP contribution in [0.3, 0.4) is 0 Å². The fourth-order valence-corrected chi connectivity index (χ4v) is 1.99. The number of nitrogens with one attached hydrogen (secondary N) is 2. The van der Waals surface area contributed by atoms with E-state index in [0.29, 0.717) is 17.9 Å². The minimum atomic E-state index is -0.0974. The Balaban J connectivity index is 2.08. The molecule has 1 aromatic heterocycles. The summed E-state index contributed by atoms with van der Waals surface area (Å²) in [6.07, 6.45) is 3.40. The zero-order valence-electron chi connectivity index (χ0n) is 10.2. The Morgan fingerprint density at radius 2 is 2.33 bits per heavy atom. The molecule has 1 aromatic carbocycles. The third-order valence-electron chi connectivity index (χ3n) is 2.57. The van der Waals surface area contributed by atoms with Crippen LogP contribution in [-0.4, -0.2) is 27.3 Å². The number of carbonyl (C=O) groups is 1. The maximum atomic E-state index is 12.0. The van der Waals surface area contributed by atoms with Gasteiger partial charge in [0.05, 0.1) is 6.54 Å². The van der Waals surface area contributed by atoms with Crippen molar-refractivity contribution in [3.8, 4) is 0 Å². The average Bonchev–Trinajstić information content (AvgIpc) is 2.89. The second-order valence-corrected chi connectivity index (χ2v) is 4.68. The lowest BCUT2D eigenvalue weighted by Gasteiger charge is -2.08. The van der Waals surface area contributed by atoms with Gasteiger partial charge in [-0.3, -0.25) is 9.89 Å². The molecule has 1 amide bonds. The molecule has 5 nitrogen and oxygen atoms in total. The molecule has 0 saturated heterocycles. The highest BCUT2D eigenvalue weighted by atomic mass is 32.2. The summed E-state index contributed by atoms with van der Waals surface area (Å²) in [4.78, 5) is 17.1. The first kappa shape index (κ1) is 12.6. The van der Waals surface area contributed by atoms with Gasteiger partial charge in [-0.15, -0.1) is 11.8 Å². The van der Waals surface area contributed by atoms with Crippen LogP contribution in [0.4, 0.5) is 0 Å². The molecule has 0 aliphatic carbocycles. The van der Waals surface area contributed by atoms with Crippen LogP contribution < -0.4 is 5.32 Å². The quantitative estimate of drug-likeness (QED) is 0.824. The Morgan fingerprint density at radius 1 is 1.50 bits per heavy atom. The maximum absolute atomic E-state index is 12.0. The van der Waals surface area contributed by atoms with Gasteiger partial charge in [0, 0.05) is 10.5 Å². The zero-order chi connectivity index (χ0) is 13.0. The topological polar surface area (TPSA) is 70.7 Å². The molecule has 0 spiro atoms. The molecular weight excluding hydrogens is 248 g/mol. The van der Waals surface area contributed by atoms with Gasteiger partial charge in [-0.05, 0) is 30.9 Å². The third kappa shape index (κ3) is 2.89. The van der Waals surface area contributed by atoms with Crippen LogP contribution in [0.1, 0.15) is 21.7 Å². The normalized spacial score (nSPS) is 10.3. The summed E-state index contributed by atoms with van der Waals surface area (Å²) < 4.78 is 0. The molecule has 0 aliphatic heterocycles. The molecule has 0 saturated carbocycles. The summed E-state index contributed by atoms with van der Waals surface area (Å²) in [6.45, 7) is 2.27. The Labute approximate surface area is 109 Å². The molecular formula is C12H14N4OS. The van der Waals surface area contributed by atoms with Gasteiger partial charge in [-0.25, -0.2) is 4.98 Å². The molecule has 94 valence electrons. The standard InChI is InChI=1S/C12H14N4OS/c1-8-3-4-9(18-2)5-10(8)12(17)13-6-11-14-7-15-16-11/h3-5,7H,6H2,1-2H3,(H,13,17)(H,14,15,16). The predicted molar refractivity (Wildman–Crippen MR) is 70.5 cm³/mol. The number of thioether (sulfide) groups is 1. The number of aromatic amines is 1. The van der Waals surface area contributed by atoms with E-state index in [9.17, 15) is 4.79 Å². The molecule has 1 heterocycles. The first-order valence-electron chi connectivity index (χ1n) is 5.48. The van der Waals surface area contributed by atoms with Gasteiger partial charge in [-0.2, -0.15) is 5.10 Å². The Bertz CT molecular complexity index is 539. The number of carbonyl (C=O) groups excluding carboxylic acids is 1. The van der Waals surface area contributed by atoms with Crippen LogP contribution in [0.25, 0.3) is 0 Å². The van der Waals surface area contributed by atoms with E-state index >= 15 is 0 Å². The molecule has 2 aromatic rings. The van der Waals surface area contributed by atoms with Crippen LogP contribution in [0.2, 0.25) is 0 Å². The van der Waals surface area contributed by atoms with Crippen molar-refractivity contribution in [2.75, 3.05) is 6.26 Å². The fraction of sp³-hybridized carbons (Fsp3) is 0.250. The van der Waals surface area contributed by atoms with Crippen molar-refractivity contribution in [3.05, 3.63) is 41.5 Å². The van der Waals surface area contributed by atoms with Gasteiger partial charge in [-0.1, -0.05) is 6.07 Å². The average molecular weight is 262 g/mol. The number of H-pyrrole nitrogens is 1. The lowest BCUT2D eigenvalue weighted by atomic mass is 10.1. The van der Waals surface area contributed by atoms with Crippen molar-refractivity contribution in [1.82, 2.24) is 20.5 Å². The number of amides is 1. The summed E-state index contributed by atoms with van der Waals surface area (Å²) in [7, 11) is 0. The van der Waals surface area contributed by atoms with Crippen LogP contribution in [0, 0.1) is 6.92 Å². The van der Waals surface area contributed by atoms with Gasteiger partial charge in [0.1, 0.15) is 12.2 Å². The molecule has 0 bridgehead atoms. The lowest BCUT2D eigenvalue weighted by Crippen LogP contribution is -2.24. The predicted octanol–water partition coefficient (Wildman–Crippen LogP) is 1.77. The van der Waals surface area contributed by atoms with Crippen LogP contribution >= 0.6 is 11.8 Å². The third-order valence-corrected chi connectivity index (χ3v) is 3.30. The Hall–Kier alpha value is -1.82. The van der Waals surface area contributed by atoms with Crippen molar-refractivity contribution in [2.45, 2.75) is 18.4 Å². The first-order valence-corrected chi connectivity index (χ1v) is 6.70. The van der Waals surface area contributed by atoms with Crippen molar-refractivity contribution < 1.29 is 4.79 Å². The van der Waals surface area contributed by atoms with Gasteiger partial charge in [0.25, 0.3) is 5.91 Å². The summed E-state index contributed by atoms with van der Waals surface area (Å²) in [5.41, 5.74) is 1.66. The first-order chi connectivity index (χ1) is 8.70. The molecule has 0 aliphatic rings. The molecule has 6 heteroatoms. The summed E-state index contributed by atoms with van der Waals surface area (Å²) in [6, 6.07) is 5.86. The molecule has 0 unspecified atom stereocenters. The molecule has 2 N–H and O–H groups in total. The number of nitrogens with zero attached hydrogens (tertiary/aromatic N) is 2. The van der Waals surface area contributed by atoms with Gasteiger partial charge < -0.3 is 5.32 Å². The fourth-order valence-electron chi connectivity index (χ4n) is 1.55. The highest BCUT2D eigenvalue weighted by Gasteiger charge is 2.10. The van der Waals surface area contributed by atoms with E-state index in [1.807, 2.05) is 31.4 Å². The van der Waals surface area contributed by atoms with E-state index in [2.05, 4.69) is 20.5 Å². The summed E-state index contributed by atoms with van der Waals surface area (Å²) in [5.74, 6) is 0.543. The molecule has 2 rings (SSSR count). The van der Waals surface area contributed by atoms with Crippen LogP contribution in [-0.2, 0) is 6.54 Å². The van der Waals surface area contributed by atoms with Crippen LogP contribution in [0.15, 0.2) is 29.4 Å². The highest BCUT2D eigenvalue weighted by molar-refractivity contribution is 7.98. The number of rotatable bonds is 4. The van der Waals surface area contributed by atoms with E-state index in [4.69, 9.17) is 0 Å². The minimum Gasteiger partial charge on any atom is -0.345 e. The van der Waals surface area contributed by atoms with E-state index in [0.717, 1.165) is 10.5 Å². The smallest absolute Gasteiger partial charge is 0.251 e. The molecule has 0 fully saturated rings. The second kappa shape index (κ2) is 5.68. The van der Waals surface area contributed by atoms with Crippen LogP contribution in [0.5, 0.6) is 0 Å². The van der Waals surface area contributed by atoms with Crippen molar-refractivity contribution in [3.63, 3.8) is 0 Å².